The van der Waals surface area contributed by atoms with Gasteiger partial charge in [-0.15, -0.1) is 0 Å². The molecule has 1 aromatic carbocycles. The molecule has 22 heavy (non-hydrogen) atoms. The van der Waals surface area contributed by atoms with Crippen molar-refractivity contribution in [2.75, 3.05) is 11.5 Å². The summed E-state index contributed by atoms with van der Waals surface area (Å²) in [5.41, 5.74) is 0.138. The maximum absolute atomic E-state index is 12.3. The molecule has 1 aliphatic heterocycles. The van der Waals surface area contributed by atoms with Crippen molar-refractivity contribution < 1.29 is 30.0 Å². The lowest BCUT2D eigenvalue weighted by molar-refractivity contribution is -0.127. The van der Waals surface area contributed by atoms with Crippen LogP contribution in [0.15, 0.2) is 24.3 Å². The molecule has 8 nitrogen and oxygen atoms in total. The van der Waals surface area contributed by atoms with Gasteiger partial charge in [-0.2, -0.15) is 0 Å². The van der Waals surface area contributed by atoms with Gasteiger partial charge in [0.15, 0.2) is 0 Å². The van der Waals surface area contributed by atoms with Gasteiger partial charge in [0.05, 0.1) is 17.3 Å². The Labute approximate surface area is 130 Å². The van der Waals surface area contributed by atoms with E-state index in [0.29, 0.717) is 0 Å². The third-order valence-corrected chi connectivity index (χ3v) is 3.65. The van der Waals surface area contributed by atoms with Crippen molar-refractivity contribution >= 4 is 29.2 Å². The fraction of sp³-hybridized carbons (Fsp3) is 0.385. The molecule has 0 spiro atoms. The van der Waals surface area contributed by atoms with Crippen LogP contribution in [0.4, 0.5) is 10.5 Å². The maximum Gasteiger partial charge on any atom is 0.329 e. The van der Waals surface area contributed by atoms with E-state index in [-0.39, 0.29) is 10.7 Å². The van der Waals surface area contributed by atoms with E-state index >= 15 is 0 Å². The topological polar surface area (TPSA) is 130 Å². The standard InChI is InChI=1S/C13H15ClN2O6/c14-6-3-1-2-4-7(6)16-12(21)9(15-13(16)22)11(20)10(19)8(18)5-17/h1-4,8-11,17-20H,5H2,(H,15,22)/t8-,9-,10-,11-/m1/s1. The first-order valence-corrected chi connectivity index (χ1v) is 6.80. The molecule has 1 aliphatic rings. The Balaban J connectivity index is 2.24. The largest absolute Gasteiger partial charge is 0.394 e. The van der Waals surface area contributed by atoms with Gasteiger partial charge in [0.25, 0.3) is 5.91 Å². The van der Waals surface area contributed by atoms with Crippen LogP contribution in [0.3, 0.4) is 0 Å². The van der Waals surface area contributed by atoms with Crippen molar-refractivity contribution in [3.63, 3.8) is 0 Å². The Kier molecular flexibility index (Phi) is 4.99. The minimum atomic E-state index is -1.80. The van der Waals surface area contributed by atoms with Crippen molar-refractivity contribution in [2.45, 2.75) is 24.4 Å². The highest BCUT2D eigenvalue weighted by atomic mass is 35.5. The van der Waals surface area contributed by atoms with Gasteiger partial charge < -0.3 is 25.7 Å². The Morgan fingerprint density at radius 2 is 1.86 bits per heavy atom. The fourth-order valence-electron chi connectivity index (χ4n) is 2.12. The third kappa shape index (κ3) is 2.92. The van der Waals surface area contributed by atoms with Gasteiger partial charge in [-0.05, 0) is 12.1 Å². The zero-order chi connectivity index (χ0) is 16.4. The third-order valence-electron chi connectivity index (χ3n) is 3.33. The van der Waals surface area contributed by atoms with E-state index in [9.17, 15) is 24.9 Å². The number of carbonyl (C=O) groups excluding carboxylic acids is 2. The van der Waals surface area contributed by atoms with Crippen LogP contribution in [0.5, 0.6) is 0 Å². The molecule has 0 radical (unpaired) electrons. The van der Waals surface area contributed by atoms with Crippen LogP contribution in [0, 0.1) is 0 Å². The molecule has 5 N–H and O–H groups in total. The molecule has 1 saturated heterocycles. The summed E-state index contributed by atoms with van der Waals surface area (Å²) in [6.45, 7) is -0.804. The van der Waals surface area contributed by atoms with Gasteiger partial charge >= 0.3 is 6.03 Å². The van der Waals surface area contributed by atoms with E-state index in [1.165, 1.54) is 12.1 Å². The zero-order valence-electron chi connectivity index (χ0n) is 11.3. The predicted molar refractivity (Wildman–Crippen MR) is 76.4 cm³/mol. The van der Waals surface area contributed by atoms with Crippen LogP contribution in [-0.4, -0.2) is 63.3 Å². The normalized spacial score (nSPS) is 22.4. The zero-order valence-corrected chi connectivity index (χ0v) is 12.0. The molecule has 0 aromatic heterocycles. The molecule has 0 bridgehead atoms. The fourth-order valence-corrected chi connectivity index (χ4v) is 2.34. The number of aliphatic hydroxyl groups excluding tert-OH is 4. The average Bonchev–Trinajstić information content (AvgIpc) is 2.80. The molecular formula is C13H15ClN2O6. The van der Waals surface area contributed by atoms with Crippen molar-refractivity contribution in [1.29, 1.82) is 0 Å². The van der Waals surface area contributed by atoms with E-state index in [1.54, 1.807) is 12.1 Å². The van der Waals surface area contributed by atoms with E-state index in [2.05, 4.69) is 5.32 Å². The van der Waals surface area contributed by atoms with Gasteiger partial charge in [0, 0.05) is 0 Å². The number of urea groups is 1. The number of benzene rings is 1. The molecular weight excluding hydrogens is 316 g/mol. The lowest BCUT2D eigenvalue weighted by Gasteiger charge is -2.24. The van der Waals surface area contributed by atoms with Crippen LogP contribution in [0.1, 0.15) is 0 Å². The van der Waals surface area contributed by atoms with Gasteiger partial charge in [-0.25, -0.2) is 9.69 Å². The molecule has 0 saturated carbocycles. The van der Waals surface area contributed by atoms with E-state index in [0.717, 1.165) is 4.90 Å². The number of amides is 3. The molecule has 9 heteroatoms. The number of nitrogens with zero attached hydrogens (tertiary/aromatic N) is 1. The van der Waals surface area contributed by atoms with Crippen molar-refractivity contribution in [3.05, 3.63) is 29.3 Å². The van der Waals surface area contributed by atoms with Crippen LogP contribution in [0.25, 0.3) is 0 Å². The Bertz CT molecular complexity index is 583. The Morgan fingerprint density at radius 1 is 1.23 bits per heavy atom. The molecule has 1 fully saturated rings. The minimum Gasteiger partial charge on any atom is -0.394 e. The molecule has 2 rings (SSSR count). The number of hydrogen-bond donors (Lipinski definition) is 5. The first-order valence-electron chi connectivity index (χ1n) is 6.42. The second-order valence-corrected chi connectivity index (χ2v) is 5.19. The summed E-state index contributed by atoms with van der Waals surface area (Å²) in [6.07, 6.45) is -5.23. The lowest BCUT2D eigenvalue weighted by Crippen LogP contribution is -2.52. The van der Waals surface area contributed by atoms with Gasteiger partial charge in [0.2, 0.25) is 0 Å². The summed E-state index contributed by atoms with van der Waals surface area (Å²) in [4.78, 5) is 25.0. The molecule has 0 aliphatic carbocycles. The number of aliphatic hydroxyl groups is 4. The van der Waals surface area contributed by atoms with Crippen molar-refractivity contribution in [1.82, 2.24) is 5.32 Å². The predicted octanol–water partition coefficient (Wildman–Crippen LogP) is -1.16. The van der Waals surface area contributed by atoms with Gasteiger partial charge in [-0.3, -0.25) is 4.79 Å². The Morgan fingerprint density at radius 3 is 2.45 bits per heavy atom. The summed E-state index contributed by atoms with van der Waals surface area (Å²) >= 11 is 5.94. The summed E-state index contributed by atoms with van der Waals surface area (Å²) < 4.78 is 0. The van der Waals surface area contributed by atoms with Crippen LogP contribution < -0.4 is 10.2 Å². The molecule has 3 amide bonds. The Hall–Kier alpha value is -1.71. The SMILES string of the molecule is O=C1N[C@H]([C@@H](O)[C@H](O)[C@H](O)CO)C(=O)N1c1ccccc1Cl. The number of imide groups is 1. The number of nitrogens with one attached hydrogen (secondary N) is 1. The molecule has 4 atom stereocenters. The van der Waals surface area contributed by atoms with Crippen molar-refractivity contribution in [2.24, 2.45) is 0 Å². The second kappa shape index (κ2) is 6.59. The number of hydrogen-bond acceptors (Lipinski definition) is 6. The molecule has 0 unspecified atom stereocenters. The summed E-state index contributed by atoms with van der Waals surface area (Å²) in [6, 6.07) is 3.88. The highest BCUT2D eigenvalue weighted by Gasteiger charge is 2.46. The average molecular weight is 331 g/mol. The minimum absolute atomic E-state index is 0.138. The van der Waals surface area contributed by atoms with Crippen LogP contribution >= 0.6 is 11.6 Å². The molecule has 1 heterocycles. The highest BCUT2D eigenvalue weighted by Crippen LogP contribution is 2.28. The first-order chi connectivity index (χ1) is 10.4. The van der Waals surface area contributed by atoms with E-state index in [1.807, 2.05) is 0 Å². The first kappa shape index (κ1) is 16.7. The van der Waals surface area contributed by atoms with Crippen LogP contribution in [0.2, 0.25) is 5.02 Å². The highest BCUT2D eigenvalue weighted by molar-refractivity contribution is 6.36. The van der Waals surface area contributed by atoms with E-state index < -0.39 is 42.9 Å². The number of rotatable bonds is 5. The molecule has 120 valence electrons. The summed E-state index contributed by atoms with van der Waals surface area (Å²) in [5.74, 6) is -0.824. The number of halogens is 1. The quantitative estimate of drug-likeness (QED) is 0.433. The lowest BCUT2D eigenvalue weighted by atomic mass is 10.0. The molecule has 1 aromatic rings. The smallest absolute Gasteiger partial charge is 0.329 e. The number of anilines is 1. The maximum atomic E-state index is 12.3. The summed E-state index contributed by atoms with van der Waals surface area (Å²) in [5, 5.41) is 40.0. The number of carbonyl (C=O) groups is 2. The van der Waals surface area contributed by atoms with E-state index in [4.69, 9.17) is 16.7 Å². The van der Waals surface area contributed by atoms with Crippen molar-refractivity contribution in [3.8, 4) is 0 Å². The second-order valence-electron chi connectivity index (χ2n) is 4.78. The number of para-hydroxylation sites is 1. The monoisotopic (exact) mass is 330 g/mol. The van der Waals surface area contributed by atoms with Crippen LogP contribution in [-0.2, 0) is 4.79 Å². The summed E-state index contributed by atoms with van der Waals surface area (Å²) in [7, 11) is 0. The van der Waals surface area contributed by atoms with Gasteiger partial charge in [0.1, 0.15) is 24.4 Å². The van der Waals surface area contributed by atoms with Gasteiger partial charge in [-0.1, -0.05) is 23.7 Å².